The van der Waals surface area contributed by atoms with Gasteiger partial charge in [0, 0.05) is 20.5 Å². The van der Waals surface area contributed by atoms with E-state index in [9.17, 15) is 0 Å². The van der Waals surface area contributed by atoms with Gasteiger partial charge in [0.1, 0.15) is 0 Å². The van der Waals surface area contributed by atoms with Crippen molar-refractivity contribution in [2.75, 3.05) is 12.3 Å². The molecule has 0 spiro atoms. The molecule has 46 valence electrons. The first-order chi connectivity index (χ1) is 3.81. The van der Waals surface area contributed by atoms with E-state index in [1.807, 2.05) is 0 Å². The molecule has 0 amide bonds. The fourth-order valence-corrected chi connectivity index (χ4v) is 1.12. The molecule has 0 aliphatic rings. The largest absolute Gasteiger partial charge is 0.373 e. The molecule has 0 atom stereocenters. The average Bonchev–Trinajstić information content (AvgIpc) is 1.68. The van der Waals surface area contributed by atoms with Gasteiger partial charge in [-0.05, 0) is 0 Å². The summed E-state index contributed by atoms with van der Waals surface area (Å²) in [5, 5.41) is 0. The zero-order chi connectivity index (χ0) is 6.41. The summed E-state index contributed by atoms with van der Waals surface area (Å²) in [6.07, 6.45) is 4.91. The highest BCUT2D eigenvalue weighted by Gasteiger charge is 1.94. The molecule has 0 aromatic heterocycles. The fourth-order valence-electron chi connectivity index (χ4n) is 0.373. The van der Waals surface area contributed by atoms with Gasteiger partial charge >= 0.3 is 0 Å². The molecule has 0 aliphatic carbocycles. The summed E-state index contributed by atoms with van der Waals surface area (Å²) in [7, 11) is -0.817. The maximum Gasteiger partial charge on any atom is 0.0328 e. The summed E-state index contributed by atoms with van der Waals surface area (Å²) in [6.45, 7) is 7.01. The van der Waals surface area contributed by atoms with Crippen LogP contribution in [0, 0.1) is 0 Å². The van der Waals surface area contributed by atoms with E-state index in [0.29, 0.717) is 0 Å². The van der Waals surface area contributed by atoms with E-state index in [0.717, 1.165) is 12.3 Å². The predicted molar refractivity (Wildman–Crippen MR) is 39.3 cm³/mol. The summed E-state index contributed by atoms with van der Waals surface area (Å²) in [5.41, 5.74) is 0. The van der Waals surface area contributed by atoms with Crippen LogP contribution in [-0.2, 0) is 0 Å². The second-order valence-corrected chi connectivity index (χ2v) is 3.19. The summed E-state index contributed by atoms with van der Waals surface area (Å²) in [6, 6.07) is 0. The van der Waals surface area contributed by atoms with Gasteiger partial charge in [-0.1, -0.05) is 12.2 Å². The average molecular weight is 130 g/mol. The van der Waals surface area contributed by atoms with Crippen molar-refractivity contribution in [1.29, 1.82) is 0 Å². The molecule has 0 fully saturated rings. The molecule has 1 nitrogen and oxygen atoms in total. The summed E-state index contributed by atoms with van der Waals surface area (Å²) < 4.78 is 0. The predicted octanol–water partition coefficient (Wildman–Crippen LogP) is 1.75. The third-order valence-corrected chi connectivity index (χ3v) is 2.04. The number of allylic oxidation sites excluding steroid dienone is 2. The van der Waals surface area contributed by atoms with E-state index >= 15 is 0 Å². The quantitative estimate of drug-likeness (QED) is 0.454. The number of hydrogen-bond acceptors (Lipinski definition) is 1. The van der Waals surface area contributed by atoms with Crippen molar-refractivity contribution in [3.63, 3.8) is 0 Å². The lowest BCUT2D eigenvalue weighted by atomic mass is 10.8. The van der Waals surface area contributed by atoms with Gasteiger partial charge in [0.2, 0.25) is 0 Å². The van der Waals surface area contributed by atoms with Crippen LogP contribution in [0.1, 0.15) is 0 Å². The standard InChI is InChI=1S/C6H11OP/c1-3-5-8(7)6-4-2/h3-4,7H,1-2,5-6H2. The van der Waals surface area contributed by atoms with Crippen LogP contribution in [0.4, 0.5) is 0 Å². The Balaban J connectivity index is 3.16. The van der Waals surface area contributed by atoms with Crippen LogP contribution < -0.4 is 0 Å². The Morgan fingerprint density at radius 1 is 1.25 bits per heavy atom. The molecule has 0 bridgehead atoms. The Morgan fingerprint density at radius 3 is 1.88 bits per heavy atom. The van der Waals surface area contributed by atoms with Gasteiger partial charge < -0.3 is 4.89 Å². The van der Waals surface area contributed by atoms with Gasteiger partial charge in [0.05, 0.1) is 0 Å². The van der Waals surface area contributed by atoms with Gasteiger partial charge in [0.25, 0.3) is 0 Å². The van der Waals surface area contributed by atoms with Crippen LogP contribution >= 0.6 is 8.15 Å². The third kappa shape index (κ3) is 4.04. The highest BCUT2D eigenvalue weighted by Crippen LogP contribution is 2.28. The Bertz CT molecular complexity index is 70.6. The monoisotopic (exact) mass is 130 g/mol. The van der Waals surface area contributed by atoms with E-state index in [2.05, 4.69) is 13.2 Å². The Kier molecular flexibility index (Phi) is 4.93. The molecule has 0 saturated carbocycles. The van der Waals surface area contributed by atoms with Crippen molar-refractivity contribution in [2.24, 2.45) is 0 Å². The van der Waals surface area contributed by atoms with E-state index < -0.39 is 8.15 Å². The summed E-state index contributed by atoms with van der Waals surface area (Å²) >= 11 is 0. The highest BCUT2D eigenvalue weighted by molar-refractivity contribution is 7.51. The molecule has 0 saturated heterocycles. The van der Waals surface area contributed by atoms with Crippen LogP contribution in [0.3, 0.4) is 0 Å². The van der Waals surface area contributed by atoms with Crippen molar-refractivity contribution < 1.29 is 4.89 Å². The number of rotatable bonds is 4. The molecule has 0 rings (SSSR count). The molecule has 0 aliphatic heterocycles. The minimum absolute atomic E-state index is 0.724. The van der Waals surface area contributed by atoms with Gasteiger partial charge in [-0.15, -0.1) is 13.2 Å². The molecular weight excluding hydrogens is 119 g/mol. The first-order valence-corrected chi connectivity index (χ1v) is 4.13. The summed E-state index contributed by atoms with van der Waals surface area (Å²) in [5.74, 6) is 0. The van der Waals surface area contributed by atoms with Crippen LogP contribution in [-0.4, -0.2) is 17.2 Å². The van der Waals surface area contributed by atoms with Crippen LogP contribution in [0.15, 0.2) is 25.3 Å². The Labute approximate surface area is 51.6 Å². The second kappa shape index (κ2) is 5.02. The van der Waals surface area contributed by atoms with E-state index in [1.165, 1.54) is 0 Å². The molecule has 1 N–H and O–H groups in total. The Morgan fingerprint density at radius 2 is 1.62 bits per heavy atom. The topological polar surface area (TPSA) is 20.2 Å². The van der Waals surface area contributed by atoms with Gasteiger partial charge in [-0.2, -0.15) is 0 Å². The fraction of sp³-hybridized carbons (Fsp3) is 0.333. The maximum absolute atomic E-state index is 8.97. The second-order valence-electron chi connectivity index (χ2n) is 1.45. The normalized spacial score (nSPS) is 9.25. The minimum atomic E-state index is -0.817. The van der Waals surface area contributed by atoms with Crippen LogP contribution in [0.5, 0.6) is 0 Å². The van der Waals surface area contributed by atoms with Crippen LogP contribution in [0.2, 0.25) is 0 Å². The first kappa shape index (κ1) is 7.87. The number of hydrogen-bond donors (Lipinski definition) is 1. The van der Waals surface area contributed by atoms with Crippen molar-refractivity contribution in [1.82, 2.24) is 0 Å². The molecule has 0 aromatic rings. The maximum atomic E-state index is 8.97. The molecule has 0 aromatic carbocycles. The lowest BCUT2D eigenvalue weighted by molar-refractivity contribution is 0.630. The zero-order valence-corrected chi connectivity index (χ0v) is 5.77. The zero-order valence-electron chi connectivity index (χ0n) is 4.88. The lowest BCUT2D eigenvalue weighted by Crippen LogP contribution is -1.80. The molecule has 8 heavy (non-hydrogen) atoms. The molecule has 0 radical (unpaired) electrons. The first-order valence-electron chi connectivity index (χ1n) is 2.47. The molecule has 0 unspecified atom stereocenters. The third-order valence-electron chi connectivity index (χ3n) is 0.680. The van der Waals surface area contributed by atoms with Crippen molar-refractivity contribution in [3.8, 4) is 0 Å². The Hall–Kier alpha value is -0.130. The summed E-state index contributed by atoms with van der Waals surface area (Å²) in [4.78, 5) is 8.97. The van der Waals surface area contributed by atoms with Crippen LogP contribution in [0.25, 0.3) is 0 Å². The highest BCUT2D eigenvalue weighted by atomic mass is 31.1. The van der Waals surface area contributed by atoms with Gasteiger partial charge in [-0.3, -0.25) is 0 Å². The molecular formula is C6H11OP. The minimum Gasteiger partial charge on any atom is -0.373 e. The van der Waals surface area contributed by atoms with Crippen molar-refractivity contribution in [2.45, 2.75) is 0 Å². The SMILES string of the molecule is C=CCP(O)CC=C. The van der Waals surface area contributed by atoms with E-state index in [1.54, 1.807) is 12.2 Å². The van der Waals surface area contributed by atoms with E-state index in [4.69, 9.17) is 4.89 Å². The van der Waals surface area contributed by atoms with Crippen molar-refractivity contribution in [3.05, 3.63) is 25.3 Å². The molecule has 2 heteroatoms. The molecule has 0 heterocycles. The van der Waals surface area contributed by atoms with E-state index in [-0.39, 0.29) is 0 Å². The lowest BCUT2D eigenvalue weighted by Gasteiger charge is -2.00. The van der Waals surface area contributed by atoms with Gasteiger partial charge in [-0.25, -0.2) is 0 Å². The smallest absolute Gasteiger partial charge is 0.0328 e. The van der Waals surface area contributed by atoms with Crippen molar-refractivity contribution >= 4 is 8.15 Å². The van der Waals surface area contributed by atoms with Gasteiger partial charge in [0.15, 0.2) is 0 Å².